The zero-order valence-electron chi connectivity index (χ0n) is 17.4. The quantitative estimate of drug-likeness (QED) is 0.384. The van der Waals surface area contributed by atoms with E-state index in [-0.39, 0.29) is 5.56 Å². The molecule has 0 aliphatic rings. The second-order valence-electron chi connectivity index (χ2n) is 7.13. The van der Waals surface area contributed by atoms with Gasteiger partial charge in [-0.05, 0) is 49.4 Å². The molecule has 3 aromatic rings. The van der Waals surface area contributed by atoms with Gasteiger partial charge in [0.05, 0.1) is 11.4 Å². The zero-order chi connectivity index (χ0) is 22.2. The highest BCUT2D eigenvalue weighted by Gasteiger charge is 2.12. The molecule has 2 aromatic heterocycles. The molecule has 0 bridgehead atoms. The van der Waals surface area contributed by atoms with Crippen molar-refractivity contribution >= 4 is 35.6 Å². The van der Waals surface area contributed by atoms with Gasteiger partial charge in [-0.15, -0.1) is 22.8 Å². The van der Waals surface area contributed by atoms with Crippen LogP contribution in [0.15, 0.2) is 47.6 Å². The Kier molecular flexibility index (Phi) is 8.60. The van der Waals surface area contributed by atoms with Crippen molar-refractivity contribution in [3.05, 3.63) is 59.1 Å². The maximum atomic E-state index is 14.2. The molecule has 0 spiro atoms. The van der Waals surface area contributed by atoms with Gasteiger partial charge in [-0.25, -0.2) is 4.39 Å². The molecule has 6 nitrogen and oxygen atoms in total. The third kappa shape index (κ3) is 6.61. The fraction of sp³-hybridized carbons (Fsp3) is 0.318. The molecule has 0 fully saturated rings. The minimum absolute atomic E-state index is 0.280. The first-order valence-electron chi connectivity index (χ1n) is 10.2. The molecule has 0 aliphatic heterocycles. The average molecular weight is 461 g/mol. The summed E-state index contributed by atoms with van der Waals surface area (Å²) in [5.41, 5.74) is 8.77. The highest BCUT2D eigenvalue weighted by atomic mass is 35.5. The van der Waals surface area contributed by atoms with E-state index in [1.54, 1.807) is 12.3 Å². The summed E-state index contributed by atoms with van der Waals surface area (Å²) in [5, 5.41) is 12.2. The summed E-state index contributed by atoms with van der Waals surface area (Å²) in [7, 11) is 0. The minimum atomic E-state index is -0.420. The molecule has 0 saturated heterocycles. The molecule has 0 radical (unpaired) electrons. The predicted octanol–water partition coefficient (Wildman–Crippen LogP) is 4.58. The van der Waals surface area contributed by atoms with Gasteiger partial charge in [0.2, 0.25) is 0 Å². The molecule has 3 N–H and O–H groups in total. The third-order valence-corrected chi connectivity index (χ3v) is 5.31. The summed E-state index contributed by atoms with van der Waals surface area (Å²) < 4.78 is 14.2. The van der Waals surface area contributed by atoms with Crippen LogP contribution in [0.2, 0.25) is 5.02 Å². The van der Waals surface area contributed by atoms with Gasteiger partial charge in [-0.1, -0.05) is 18.5 Å². The van der Waals surface area contributed by atoms with E-state index < -0.39 is 5.82 Å². The van der Waals surface area contributed by atoms with E-state index in [1.165, 1.54) is 18.2 Å². The van der Waals surface area contributed by atoms with Crippen molar-refractivity contribution in [1.82, 2.24) is 20.1 Å². The number of thiol groups is 1. The van der Waals surface area contributed by atoms with Gasteiger partial charge >= 0.3 is 0 Å². The van der Waals surface area contributed by atoms with Crippen LogP contribution in [0.1, 0.15) is 19.0 Å². The summed E-state index contributed by atoms with van der Waals surface area (Å²) in [6.07, 6.45) is 3.66. The Bertz CT molecular complexity index is 1010. The zero-order valence-corrected chi connectivity index (χ0v) is 19.0. The van der Waals surface area contributed by atoms with Gasteiger partial charge in [-0.3, -0.25) is 4.98 Å². The number of benzene rings is 1. The fourth-order valence-electron chi connectivity index (χ4n) is 3.26. The van der Waals surface area contributed by atoms with E-state index in [2.05, 4.69) is 45.0 Å². The van der Waals surface area contributed by atoms with Crippen molar-refractivity contribution in [3.8, 4) is 11.3 Å². The monoisotopic (exact) mass is 460 g/mol. The summed E-state index contributed by atoms with van der Waals surface area (Å²) in [6.45, 7) is 5.59. The van der Waals surface area contributed by atoms with E-state index >= 15 is 0 Å². The van der Waals surface area contributed by atoms with Gasteiger partial charge in [0.1, 0.15) is 10.8 Å². The Balaban J connectivity index is 1.77. The highest BCUT2D eigenvalue weighted by Crippen LogP contribution is 2.29. The lowest BCUT2D eigenvalue weighted by Gasteiger charge is -2.20. The van der Waals surface area contributed by atoms with Crippen LogP contribution in [-0.2, 0) is 6.42 Å². The number of anilines is 2. The Labute approximate surface area is 192 Å². The summed E-state index contributed by atoms with van der Waals surface area (Å²) in [6, 6.07) is 9.88. The van der Waals surface area contributed by atoms with Gasteiger partial charge < -0.3 is 16.0 Å². The van der Waals surface area contributed by atoms with Crippen molar-refractivity contribution in [2.45, 2.75) is 24.8 Å². The molecule has 0 amide bonds. The number of pyridine rings is 1. The fourth-order valence-corrected chi connectivity index (χ4v) is 3.59. The van der Waals surface area contributed by atoms with Crippen LogP contribution in [0.3, 0.4) is 0 Å². The lowest BCUT2D eigenvalue weighted by Crippen LogP contribution is -2.32. The molecule has 0 unspecified atom stereocenters. The number of nitrogens with two attached hydrogens (primary N) is 1. The van der Waals surface area contributed by atoms with Crippen molar-refractivity contribution in [3.63, 3.8) is 0 Å². The normalized spacial score (nSPS) is 11.2. The largest absolute Gasteiger partial charge is 0.353 e. The Morgan fingerprint density at radius 1 is 1.13 bits per heavy atom. The number of nitrogens with one attached hydrogen (secondary N) is 1. The molecule has 2 heterocycles. The molecule has 0 saturated carbocycles. The van der Waals surface area contributed by atoms with Crippen LogP contribution in [0, 0.1) is 5.82 Å². The van der Waals surface area contributed by atoms with Crippen molar-refractivity contribution in [2.24, 2.45) is 5.73 Å². The molecule has 31 heavy (non-hydrogen) atoms. The molecule has 164 valence electrons. The van der Waals surface area contributed by atoms with Crippen LogP contribution < -0.4 is 11.1 Å². The first-order valence-corrected chi connectivity index (χ1v) is 11.0. The Hall–Kier alpha value is -2.26. The van der Waals surface area contributed by atoms with E-state index in [1.807, 2.05) is 12.1 Å². The standard InChI is InChI=1S/C22H26ClFN6S/c1-2-9-30(11-7-25)10-6-16-13-17(5-8-26-16)27-21-14-20(28-29-22(21)31)18-12-15(23)3-4-19(18)24/h3-5,8,12-14H,2,6-7,9-11,25H2,1H3,(H,29,31)(H,26,27,28). The average Bonchev–Trinajstić information content (AvgIpc) is 2.76. The molecular weight excluding hydrogens is 435 g/mol. The molecule has 3 rings (SSSR count). The van der Waals surface area contributed by atoms with Crippen LogP contribution in [0.25, 0.3) is 11.3 Å². The Morgan fingerprint density at radius 2 is 1.97 bits per heavy atom. The van der Waals surface area contributed by atoms with Gasteiger partial charge in [0.15, 0.2) is 0 Å². The number of halogens is 2. The Morgan fingerprint density at radius 3 is 2.74 bits per heavy atom. The minimum Gasteiger partial charge on any atom is -0.353 e. The molecule has 0 aliphatic carbocycles. The predicted molar refractivity (Wildman–Crippen MR) is 127 cm³/mol. The number of nitrogens with zero attached hydrogens (tertiary/aromatic N) is 4. The molecule has 9 heteroatoms. The van der Waals surface area contributed by atoms with Crippen LogP contribution in [-0.4, -0.2) is 46.3 Å². The maximum absolute atomic E-state index is 14.2. The van der Waals surface area contributed by atoms with Crippen LogP contribution >= 0.6 is 24.2 Å². The summed E-state index contributed by atoms with van der Waals surface area (Å²) in [4.78, 5) is 6.81. The van der Waals surface area contributed by atoms with Gasteiger partial charge in [0, 0.05) is 54.2 Å². The molecular formula is C22H26ClFN6S. The first kappa shape index (κ1) is 23.4. The summed E-state index contributed by atoms with van der Waals surface area (Å²) >= 11 is 10.4. The van der Waals surface area contributed by atoms with Crippen LogP contribution in [0.5, 0.6) is 0 Å². The van der Waals surface area contributed by atoms with Crippen molar-refractivity contribution in [1.29, 1.82) is 0 Å². The van der Waals surface area contributed by atoms with E-state index in [0.717, 1.165) is 43.9 Å². The SMILES string of the molecule is CCCN(CCN)CCc1cc(Nc2cc(-c3cc(Cl)ccc3F)nnc2S)ccn1. The lowest BCUT2D eigenvalue weighted by molar-refractivity contribution is 0.284. The third-order valence-electron chi connectivity index (χ3n) is 4.74. The van der Waals surface area contributed by atoms with E-state index in [4.69, 9.17) is 17.3 Å². The molecule has 0 atom stereocenters. The second-order valence-corrected chi connectivity index (χ2v) is 7.99. The van der Waals surface area contributed by atoms with E-state index in [0.29, 0.717) is 28.0 Å². The van der Waals surface area contributed by atoms with Gasteiger partial charge in [-0.2, -0.15) is 0 Å². The lowest BCUT2D eigenvalue weighted by atomic mass is 10.1. The number of aromatic nitrogens is 3. The van der Waals surface area contributed by atoms with Crippen molar-refractivity contribution < 1.29 is 4.39 Å². The second kappa shape index (κ2) is 11.4. The summed E-state index contributed by atoms with van der Waals surface area (Å²) in [5.74, 6) is -0.420. The smallest absolute Gasteiger partial charge is 0.139 e. The van der Waals surface area contributed by atoms with Crippen LogP contribution in [0.4, 0.5) is 15.8 Å². The first-order chi connectivity index (χ1) is 15.0. The number of hydrogen-bond donors (Lipinski definition) is 3. The van der Waals surface area contributed by atoms with Gasteiger partial charge in [0.25, 0.3) is 0 Å². The highest BCUT2D eigenvalue weighted by molar-refractivity contribution is 7.80. The van der Waals surface area contributed by atoms with E-state index in [9.17, 15) is 4.39 Å². The van der Waals surface area contributed by atoms with Crippen molar-refractivity contribution in [2.75, 3.05) is 31.5 Å². The number of rotatable bonds is 10. The number of hydrogen-bond acceptors (Lipinski definition) is 7. The maximum Gasteiger partial charge on any atom is 0.139 e. The molecule has 1 aromatic carbocycles. The topological polar surface area (TPSA) is 80.0 Å².